The second kappa shape index (κ2) is 60.6. The van der Waals surface area contributed by atoms with E-state index in [0.29, 0.717) is 277 Å². The van der Waals surface area contributed by atoms with Crippen molar-refractivity contribution in [1.82, 2.24) is 19.9 Å². The molecule has 3 fully saturated rings. The van der Waals surface area contributed by atoms with Crippen molar-refractivity contribution < 1.29 is 114 Å². The fourth-order valence-electron chi connectivity index (χ4n) is 16.1. The molecule has 700 valence electrons. The van der Waals surface area contributed by atoms with Crippen LogP contribution in [0.15, 0.2) is 146 Å². The summed E-state index contributed by atoms with van der Waals surface area (Å²) in [5.41, 5.74) is 14.6. The Balaban J connectivity index is 0.935. The summed E-state index contributed by atoms with van der Waals surface area (Å²) in [7, 11) is 9.96. The van der Waals surface area contributed by atoms with Gasteiger partial charge in [0.05, 0.1) is 330 Å². The van der Waals surface area contributed by atoms with Gasteiger partial charge in [-0.15, -0.1) is 0 Å². The average molecular weight is 1780 g/mol. The molecule has 2 bridgehead atoms. The van der Waals surface area contributed by atoms with Gasteiger partial charge < -0.3 is 114 Å². The van der Waals surface area contributed by atoms with Crippen LogP contribution in [-0.4, -0.2) is 300 Å². The smallest absolute Gasteiger partial charge is 0.0724 e. The van der Waals surface area contributed by atoms with Gasteiger partial charge in [-0.3, -0.25) is 19.9 Å². The zero-order chi connectivity index (χ0) is 88.9. The molecule has 0 radical (unpaired) electrons. The number of ether oxygens (including phenoxy) is 24. The maximum Gasteiger partial charge on any atom is 0.0724 e. The standard InChI is InChI=1S/C100H136N4O24/c1-105-31-37-111-43-49-117-55-61-123-70-77-13-7-16-86-83(28-25-80(98(77)86)73-126-64-58-120-52-46-114-40-34-108-4)89-19-10-22-92(101-89)95-67-76-68-96(93-23-11-20-90(102-93)84-29-26-81(74-127-65-59-121-53-47-115-41-35-109-5)99-78(14-8-17-87(84)99)71-124-62-56-118-50-44-112-38-32-106-2)104(95)97(69-76)94-24-12-21-91(103-94)85-30-27-82(75-128-66-60-122-54-48-116-42-36-110-6)100-79(15-9-18-88(85)100)72-125-63-57-119-51-45-113-39-33-107-3/h7-30,76,95-97H,31-75H2,1-6H3/t95-,96-,97-/m0/s1. The van der Waals surface area contributed by atoms with E-state index in [1.165, 1.54) is 0 Å². The lowest BCUT2D eigenvalue weighted by molar-refractivity contribution is -0.0595. The Morgan fingerprint density at radius 2 is 0.398 bits per heavy atom. The number of pyridine rings is 3. The molecule has 3 saturated heterocycles. The third kappa shape index (κ3) is 32.8. The third-order valence-electron chi connectivity index (χ3n) is 22.2. The number of nitrogens with zero attached hydrogens (tertiary/aromatic N) is 4. The molecule has 0 amide bonds. The molecule has 3 aliphatic heterocycles. The number of hydrogen-bond acceptors (Lipinski definition) is 28. The van der Waals surface area contributed by atoms with E-state index in [4.69, 9.17) is 129 Å². The van der Waals surface area contributed by atoms with E-state index in [1.807, 2.05) is 0 Å². The van der Waals surface area contributed by atoms with Gasteiger partial charge in [0.2, 0.25) is 0 Å². The van der Waals surface area contributed by atoms with Crippen LogP contribution in [-0.2, 0) is 153 Å². The van der Waals surface area contributed by atoms with Gasteiger partial charge in [-0.2, -0.15) is 0 Å². The molecule has 0 unspecified atom stereocenters. The molecule has 3 aromatic heterocycles. The molecule has 28 nitrogen and oxygen atoms in total. The first-order chi connectivity index (χ1) is 63.4. The van der Waals surface area contributed by atoms with Crippen LogP contribution in [0.1, 0.15) is 87.9 Å². The largest absolute Gasteiger partial charge is 0.382 e. The molecule has 12 rings (SSSR count). The van der Waals surface area contributed by atoms with E-state index in [9.17, 15) is 0 Å². The predicted octanol–water partition coefficient (Wildman–Crippen LogP) is 14.1. The summed E-state index contributed by atoms with van der Waals surface area (Å²) in [6, 6.07) is 51.5. The number of rotatable bonds is 72. The minimum absolute atomic E-state index is 0.154. The monoisotopic (exact) mass is 1780 g/mol. The molecule has 9 aromatic rings. The fraction of sp³-hybridized carbons (Fsp3) is 0.550. The highest BCUT2D eigenvalue weighted by atomic mass is 16.6. The van der Waals surface area contributed by atoms with Gasteiger partial charge in [0.25, 0.3) is 0 Å². The van der Waals surface area contributed by atoms with Gasteiger partial charge in [0.15, 0.2) is 0 Å². The molecular weight excluding hydrogens is 1640 g/mol. The van der Waals surface area contributed by atoms with Crippen molar-refractivity contribution in [2.75, 3.05) is 281 Å². The van der Waals surface area contributed by atoms with Gasteiger partial charge in [0.1, 0.15) is 0 Å². The predicted molar refractivity (Wildman–Crippen MR) is 488 cm³/mol. The SMILES string of the molecule is COCCOCCOCCOCc1cccc2c(-c3cccc([C@@H]4CC5C[C@@H](c6cccc(-c7ccc(COCCOCCOCCOC)c8c(COCCOCCOCCOC)cccc78)n6)N4[C@H](c4cccc(-c6ccc(COCCOCCOCCOC)c7c(COCCOCCOCCOC)cccc67)n4)C5)n3)ccc(COCCOCCOCCOC)c12. The van der Waals surface area contributed by atoms with Crippen LogP contribution in [0.5, 0.6) is 0 Å². The maximum atomic E-state index is 6.41. The highest BCUT2D eigenvalue weighted by molar-refractivity contribution is 6.02. The van der Waals surface area contributed by atoms with Crippen LogP contribution in [0.3, 0.4) is 0 Å². The molecule has 28 heteroatoms. The van der Waals surface area contributed by atoms with Gasteiger partial charge in [0, 0.05) is 59.3 Å². The summed E-state index contributed by atoms with van der Waals surface area (Å²) >= 11 is 0. The van der Waals surface area contributed by atoms with Crippen LogP contribution >= 0.6 is 0 Å². The Bertz CT molecular complexity index is 4030. The Kier molecular flexibility index (Phi) is 47.8. The first-order valence-corrected chi connectivity index (χ1v) is 45.1. The lowest BCUT2D eigenvalue weighted by Crippen LogP contribution is -2.48. The lowest BCUT2D eigenvalue weighted by Gasteiger charge is -2.54. The third-order valence-corrected chi connectivity index (χ3v) is 22.2. The molecular formula is C100H136N4O24. The summed E-state index contributed by atoms with van der Waals surface area (Å²) in [5, 5.41) is 6.29. The van der Waals surface area contributed by atoms with Crippen molar-refractivity contribution in [2.45, 2.75) is 77.0 Å². The van der Waals surface area contributed by atoms with Gasteiger partial charge >= 0.3 is 0 Å². The first-order valence-electron chi connectivity index (χ1n) is 45.1. The molecule has 6 aromatic carbocycles. The van der Waals surface area contributed by atoms with E-state index >= 15 is 0 Å². The summed E-state index contributed by atoms with van der Waals surface area (Å²) < 4.78 is 138. The molecule has 128 heavy (non-hydrogen) atoms. The van der Waals surface area contributed by atoms with Crippen molar-refractivity contribution in [1.29, 1.82) is 0 Å². The zero-order valence-corrected chi connectivity index (χ0v) is 76.1. The van der Waals surface area contributed by atoms with Crippen molar-refractivity contribution in [2.24, 2.45) is 5.92 Å². The fourth-order valence-corrected chi connectivity index (χ4v) is 16.1. The number of benzene rings is 6. The second-order valence-corrected chi connectivity index (χ2v) is 30.9. The zero-order valence-electron chi connectivity index (χ0n) is 76.1. The van der Waals surface area contributed by atoms with E-state index < -0.39 is 0 Å². The topological polar surface area (TPSA) is 263 Å². The molecule has 0 spiro atoms. The van der Waals surface area contributed by atoms with E-state index in [2.05, 4.69) is 150 Å². The highest BCUT2D eigenvalue weighted by Gasteiger charge is 2.49. The van der Waals surface area contributed by atoms with Crippen LogP contribution in [0, 0.1) is 5.92 Å². The lowest BCUT2D eigenvalue weighted by atomic mass is 9.72. The minimum atomic E-state index is -0.154. The first kappa shape index (κ1) is 101. The van der Waals surface area contributed by atoms with Crippen LogP contribution < -0.4 is 0 Å². The van der Waals surface area contributed by atoms with E-state index in [0.717, 1.165) is 136 Å². The van der Waals surface area contributed by atoms with E-state index in [1.54, 1.807) is 42.7 Å². The summed E-state index contributed by atoms with van der Waals surface area (Å²) in [5.74, 6) is 0.257. The maximum absolute atomic E-state index is 6.41. The number of methoxy groups -OCH3 is 6. The van der Waals surface area contributed by atoms with Gasteiger partial charge in [-0.25, -0.2) is 0 Å². The van der Waals surface area contributed by atoms with Gasteiger partial charge in [-0.1, -0.05) is 109 Å². The average Bonchev–Trinajstić information content (AvgIpc) is 0.727. The number of hydrogen-bond donors (Lipinski definition) is 0. The highest BCUT2D eigenvalue weighted by Crippen LogP contribution is 2.57. The van der Waals surface area contributed by atoms with E-state index in [-0.39, 0.29) is 24.0 Å². The Hall–Kier alpha value is -7.45. The Morgan fingerprint density at radius 3 is 0.609 bits per heavy atom. The Morgan fingerprint density at radius 1 is 0.211 bits per heavy atom. The molecule has 3 atom stereocenters. The molecule has 6 heterocycles. The van der Waals surface area contributed by atoms with Crippen molar-refractivity contribution in [3.8, 4) is 33.8 Å². The number of fused-ring (bicyclic) bond motifs is 6. The molecule has 3 aliphatic rings. The quantitative estimate of drug-likeness (QED) is 0.0321. The number of piperidine rings is 3. The summed E-state index contributed by atoms with van der Waals surface area (Å²) in [4.78, 5) is 20.2. The second-order valence-electron chi connectivity index (χ2n) is 30.9. The number of aromatic nitrogens is 3. The van der Waals surface area contributed by atoms with Crippen LogP contribution in [0.4, 0.5) is 0 Å². The normalized spacial score (nSPS) is 15.8. The van der Waals surface area contributed by atoms with Crippen molar-refractivity contribution >= 4 is 32.3 Å². The minimum Gasteiger partial charge on any atom is -0.382 e. The summed E-state index contributed by atoms with van der Waals surface area (Å²) in [6.45, 7) is 19.0. The van der Waals surface area contributed by atoms with Crippen LogP contribution in [0.2, 0.25) is 0 Å². The van der Waals surface area contributed by atoms with Crippen LogP contribution in [0.25, 0.3) is 66.1 Å². The van der Waals surface area contributed by atoms with Gasteiger partial charge in [-0.05, 0) is 127 Å². The summed E-state index contributed by atoms with van der Waals surface area (Å²) in [6.07, 6.45) is 2.64. The van der Waals surface area contributed by atoms with Crippen molar-refractivity contribution in [3.05, 3.63) is 196 Å². The Labute approximate surface area is 755 Å². The molecule has 0 aliphatic carbocycles. The molecule has 0 N–H and O–H groups in total. The molecule has 0 saturated carbocycles. The van der Waals surface area contributed by atoms with Crippen molar-refractivity contribution in [3.63, 3.8) is 0 Å².